The lowest BCUT2D eigenvalue weighted by atomic mass is 10.0. The number of sulfonamides is 1. The summed E-state index contributed by atoms with van der Waals surface area (Å²) in [5, 5.41) is 2.86. The zero-order chi connectivity index (χ0) is 29.2. The fourth-order valence-corrected chi connectivity index (χ4v) is 6.45. The smallest absolute Gasteiger partial charge is 0.247 e. The largest absolute Gasteiger partial charge is 0.497 e. The molecule has 3 aromatic carbocycles. The Morgan fingerprint density at radius 2 is 1.61 bits per heavy atom. The summed E-state index contributed by atoms with van der Waals surface area (Å²) in [6, 6.07) is 22.5. The molecule has 2 amide bonds. The van der Waals surface area contributed by atoms with Gasteiger partial charge in [-0.15, -0.1) is 6.58 Å². The van der Waals surface area contributed by atoms with Gasteiger partial charge in [-0.25, -0.2) is 8.42 Å². The van der Waals surface area contributed by atoms with Crippen LogP contribution in [0.3, 0.4) is 0 Å². The highest BCUT2D eigenvalue weighted by Gasteiger charge is 2.31. The van der Waals surface area contributed by atoms with E-state index >= 15 is 0 Å². The maximum absolute atomic E-state index is 13.8. The number of aryl methyl sites for hydroxylation is 1. The molecule has 3 aromatic rings. The van der Waals surface area contributed by atoms with E-state index in [1.807, 2.05) is 54.6 Å². The number of nitrogens with one attached hydrogen (secondary N) is 1. The standard InChI is InChI=1S/C32H37N3O5S/c1-3-21-33-32(37)31(27-9-5-4-6-10-27)35(24-26-11-16-28(40-2)17-12-26)30(36)20-15-25-13-18-29(19-14-25)41(38,39)34-22-7-8-23-34/h3-6,9-14,16-19,31H,1,7-8,15,20-24H2,2H3,(H,33,37). The van der Waals surface area contributed by atoms with Crippen LogP contribution in [-0.2, 0) is 32.6 Å². The average Bonchev–Trinajstić information content (AvgIpc) is 3.56. The summed E-state index contributed by atoms with van der Waals surface area (Å²) in [5.41, 5.74) is 2.40. The van der Waals surface area contributed by atoms with E-state index in [0.29, 0.717) is 30.8 Å². The van der Waals surface area contributed by atoms with E-state index in [9.17, 15) is 18.0 Å². The first-order valence-electron chi connectivity index (χ1n) is 13.8. The van der Waals surface area contributed by atoms with Crippen LogP contribution in [0.1, 0.15) is 42.0 Å². The monoisotopic (exact) mass is 575 g/mol. The minimum absolute atomic E-state index is 0.145. The Labute approximate surface area is 242 Å². The molecular formula is C32H37N3O5S. The fraction of sp³-hybridized carbons (Fsp3) is 0.312. The summed E-state index contributed by atoms with van der Waals surface area (Å²) in [6.07, 6.45) is 3.90. The van der Waals surface area contributed by atoms with E-state index in [1.54, 1.807) is 42.4 Å². The zero-order valence-corrected chi connectivity index (χ0v) is 24.2. The second-order valence-corrected chi connectivity index (χ2v) is 11.9. The normalized spacial score (nSPS) is 14.3. The van der Waals surface area contributed by atoms with Crippen molar-refractivity contribution in [1.82, 2.24) is 14.5 Å². The van der Waals surface area contributed by atoms with Gasteiger partial charge < -0.3 is 15.0 Å². The van der Waals surface area contributed by atoms with Gasteiger partial charge in [0.1, 0.15) is 11.8 Å². The number of nitrogens with zero attached hydrogens (tertiary/aromatic N) is 2. The second kappa shape index (κ2) is 14.1. The van der Waals surface area contributed by atoms with Crippen LogP contribution in [0, 0.1) is 0 Å². The maximum atomic E-state index is 13.8. The molecule has 1 aliphatic heterocycles. The van der Waals surface area contributed by atoms with Crippen molar-refractivity contribution in [2.75, 3.05) is 26.7 Å². The van der Waals surface area contributed by atoms with Crippen molar-refractivity contribution < 1.29 is 22.7 Å². The van der Waals surface area contributed by atoms with Crippen LogP contribution in [0.5, 0.6) is 5.75 Å². The second-order valence-electron chi connectivity index (χ2n) is 9.97. The summed E-state index contributed by atoms with van der Waals surface area (Å²) in [4.78, 5) is 29.1. The summed E-state index contributed by atoms with van der Waals surface area (Å²) in [6.45, 7) is 5.28. The Kier molecular flexibility index (Phi) is 10.3. The molecule has 0 aliphatic carbocycles. The van der Waals surface area contributed by atoms with Gasteiger partial charge in [0.05, 0.1) is 12.0 Å². The Hall–Kier alpha value is -3.95. The van der Waals surface area contributed by atoms with Gasteiger partial charge in [0, 0.05) is 32.6 Å². The molecule has 41 heavy (non-hydrogen) atoms. The fourth-order valence-electron chi connectivity index (χ4n) is 4.93. The molecule has 216 valence electrons. The van der Waals surface area contributed by atoms with Crippen molar-refractivity contribution in [3.05, 3.63) is 108 Å². The van der Waals surface area contributed by atoms with Gasteiger partial charge >= 0.3 is 0 Å². The first-order valence-corrected chi connectivity index (χ1v) is 15.2. The van der Waals surface area contributed by atoms with Crippen LogP contribution >= 0.6 is 0 Å². The number of ether oxygens (including phenoxy) is 1. The van der Waals surface area contributed by atoms with Crippen molar-refractivity contribution >= 4 is 21.8 Å². The van der Waals surface area contributed by atoms with Crippen molar-refractivity contribution in [2.45, 2.75) is 43.2 Å². The van der Waals surface area contributed by atoms with Gasteiger partial charge in [-0.3, -0.25) is 9.59 Å². The van der Waals surface area contributed by atoms with E-state index in [1.165, 1.54) is 4.31 Å². The highest BCUT2D eigenvalue weighted by atomic mass is 32.2. The Morgan fingerprint density at radius 1 is 0.976 bits per heavy atom. The van der Waals surface area contributed by atoms with Crippen LogP contribution in [-0.4, -0.2) is 56.2 Å². The van der Waals surface area contributed by atoms with Crippen LogP contribution in [0.2, 0.25) is 0 Å². The molecule has 0 aromatic heterocycles. The van der Waals surface area contributed by atoms with Gasteiger partial charge in [0.25, 0.3) is 0 Å². The lowest BCUT2D eigenvalue weighted by Crippen LogP contribution is -2.43. The van der Waals surface area contributed by atoms with Gasteiger partial charge in [0.2, 0.25) is 21.8 Å². The highest BCUT2D eigenvalue weighted by molar-refractivity contribution is 7.89. The predicted molar refractivity (Wildman–Crippen MR) is 159 cm³/mol. The Balaban J connectivity index is 1.56. The average molecular weight is 576 g/mol. The SMILES string of the molecule is C=CCNC(=O)C(c1ccccc1)N(Cc1ccc(OC)cc1)C(=O)CCc1ccc(S(=O)(=O)N2CCCC2)cc1. The predicted octanol–water partition coefficient (Wildman–Crippen LogP) is 4.48. The molecule has 9 heteroatoms. The molecule has 1 fully saturated rings. The van der Waals surface area contributed by atoms with E-state index in [4.69, 9.17) is 4.74 Å². The number of carbonyl (C=O) groups excluding carboxylic acids is 2. The van der Waals surface area contributed by atoms with Crippen molar-refractivity contribution in [3.63, 3.8) is 0 Å². The number of benzene rings is 3. The zero-order valence-electron chi connectivity index (χ0n) is 23.4. The van der Waals surface area contributed by atoms with E-state index < -0.39 is 16.1 Å². The van der Waals surface area contributed by atoms with Gasteiger partial charge in [-0.05, 0) is 60.2 Å². The molecule has 1 heterocycles. The molecule has 0 spiro atoms. The highest BCUT2D eigenvalue weighted by Crippen LogP contribution is 2.26. The Morgan fingerprint density at radius 3 is 2.22 bits per heavy atom. The number of amides is 2. The van der Waals surface area contributed by atoms with Gasteiger partial charge in [-0.1, -0.05) is 60.7 Å². The molecule has 0 saturated carbocycles. The molecule has 1 aliphatic rings. The molecule has 8 nitrogen and oxygen atoms in total. The first-order chi connectivity index (χ1) is 19.8. The lowest BCUT2D eigenvalue weighted by Gasteiger charge is -2.31. The van der Waals surface area contributed by atoms with Crippen molar-refractivity contribution in [2.24, 2.45) is 0 Å². The molecule has 4 rings (SSSR count). The van der Waals surface area contributed by atoms with Crippen LogP contribution in [0.4, 0.5) is 0 Å². The minimum atomic E-state index is -3.50. The third-order valence-corrected chi connectivity index (χ3v) is 9.09. The third kappa shape index (κ3) is 7.62. The van der Waals surface area contributed by atoms with Crippen LogP contribution < -0.4 is 10.1 Å². The summed E-state index contributed by atoms with van der Waals surface area (Å²) in [5.74, 6) is 0.205. The topological polar surface area (TPSA) is 96.0 Å². The first kappa shape index (κ1) is 30.0. The number of methoxy groups -OCH3 is 1. The molecule has 0 radical (unpaired) electrons. The van der Waals surface area contributed by atoms with E-state index in [2.05, 4.69) is 11.9 Å². The van der Waals surface area contributed by atoms with E-state index in [-0.39, 0.29) is 36.2 Å². The third-order valence-electron chi connectivity index (χ3n) is 7.18. The molecule has 1 saturated heterocycles. The Bertz CT molecular complexity index is 1420. The van der Waals surface area contributed by atoms with Gasteiger partial charge in [0.15, 0.2) is 0 Å². The summed E-state index contributed by atoms with van der Waals surface area (Å²) < 4.78 is 32.5. The van der Waals surface area contributed by atoms with E-state index in [0.717, 1.165) is 24.0 Å². The molecule has 1 atom stereocenters. The van der Waals surface area contributed by atoms with Crippen molar-refractivity contribution in [1.29, 1.82) is 0 Å². The molecule has 1 N–H and O–H groups in total. The number of rotatable bonds is 13. The van der Waals surface area contributed by atoms with Crippen molar-refractivity contribution in [3.8, 4) is 5.75 Å². The molecular weight excluding hydrogens is 538 g/mol. The van der Waals surface area contributed by atoms with Gasteiger partial charge in [-0.2, -0.15) is 4.31 Å². The van der Waals surface area contributed by atoms with Crippen LogP contribution in [0.25, 0.3) is 0 Å². The number of carbonyl (C=O) groups is 2. The molecule has 1 unspecified atom stereocenters. The maximum Gasteiger partial charge on any atom is 0.247 e. The summed E-state index contributed by atoms with van der Waals surface area (Å²) >= 11 is 0. The number of hydrogen-bond donors (Lipinski definition) is 1. The lowest BCUT2D eigenvalue weighted by molar-refractivity contribution is -0.141. The summed E-state index contributed by atoms with van der Waals surface area (Å²) in [7, 11) is -1.91. The van der Waals surface area contributed by atoms with Crippen LogP contribution in [0.15, 0.2) is 96.4 Å². The minimum Gasteiger partial charge on any atom is -0.497 e. The number of hydrogen-bond acceptors (Lipinski definition) is 5. The molecule has 0 bridgehead atoms. The quantitative estimate of drug-likeness (QED) is 0.303.